The molecule has 112 valence electrons. The van der Waals surface area contributed by atoms with Gasteiger partial charge in [-0.2, -0.15) is 4.98 Å². The van der Waals surface area contributed by atoms with Crippen LogP contribution in [0.25, 0.3) is 10.2 Å². The minimum absolute atomic E-state index is 0.528. The Morgan fingerprint density at radius 3 is 3.19 bits per heavy atom. The predicted molar refractivity (Wildman–Crippen MR) is 88.2 cm³/mol. The molecule has 2 aliphatic rings. The first-order chi connectivity index (χ1) is 10.3. The maximum absolute atomic E-state index is 4.70. The van der Waals surface area contributed by atoms with E-state index in [0.29, 0.717) is 12.1 Å². The van der Waals surface area contributed by atoms with Gasteiger partial charge in [-0.05, 0) is 44.2 Å². The maximum atomic E-state index is 4.70. The van der Waals surface area contributed by atoms with Crippen LogP contribution in [0.4, 0.5) is 11.8 Å². The van der Waals surface area contributed by atoms with E-state index in [2.05, 4.69) is 38.9 Å². The molecule has 4 heterocycles. The average molecular weight is 303 g/mol. The molecule has 2 unspecified atom stereocenters. The summed E-state index contributed by atoms with van der Waals surface area (Å²) in [5.74, 6) is 1.73. The van der Waals surface area contributed by atoms with E-state index < -0.39 is 0 Å². The minimum atomic E-state index is 0.528. The van der Waals surface area contributed by atoms with Gasteiger partial charge in [-0.1, -0.05) is 0 Å². The number of hydrogen-bond donors (Lipinski definition) is 2. The fraction of sp³-hybridized carbons (Fsp3) is 0.600. The fourth-order valence-corrected chi connectivity index (χ4v) is 4.39. The Bertz CT molecular complexity index is 640. The smallest absolute Gasteiger partial charge is 0.226 e. The van der Waals surface area contributed by atoms with E-state index in [0.717, 1.165) is 28.5 Å². The largest absolute Gasteiger partial charge is 0.365 e. The molecule has 2 fully saturated rings. The predicted octanol–water partition coefficient (Wildman–Crippen LogP) is 2.77. The Labute approximate surface area is 128 Å². The van der Waals surface area contributed by atoms with Crippen molar-refractivity contribution in [2.24, 2.45) is 0 Å². The first kappa shape index (κ1) is 13.3. The molecule has 4 rings (SSSR count). The SMILES string of the molecule is CCNc1nc(NC2CCN3CCCC23)c2ccsc2n1. The van der Waals surface area contributed by atoms with Gasteiger partial charge in [0.1, 0.15) is 10.6 Å². The number of thiophene rings is 1. The summed E-state index contributed by atoms with van der Waals surface area (Å²) in [6.07, 6.45) is 3.87. The Balaban J connectivity index is 1.64. The fourth-order valence-electron chi connectivity index (χ4n) is 3.63. The highest BCUT2D eigenvalue weighted by Crippen LogP contribution is 2.32. The molecule has 2 aromatic rings. The van der Waals surface area contributed by atoms with Gasteiger partial charge in [-0.15, -0.1) is 11.3 Å². The standard InChI is InChI=1S/C15H21N5S/c1-2-16-15-18-13(10-6-9-21-14(10)19-15)17-11-5-8-20-7-3-4-12(11)20/h6,9,11-12H,2-5,7-8H2,1H3,(H2,16,17,18,19). The molecule has 2 N–H and O–H groups in total. The molecule has 0 amide bonds. The quantitative estimate of drug-likeness (QED) is 0.909. The van der Waals surface area contributed by atoms with Gasteiger partial charge in [0.25, 0.3) is 0 Å². The van der Waals surface area contributed by atoms with Crippen molar-refractivity contribution in [3.63, 3.8) is 0 Å². The summed E-state index contributed by atoms with van der Waals surface area (Å²) in [5.41, 5.74) is 0. The lowest BCUT2D eigenvalue weighted by Gasteiger charge is -2.22. The Hall–Kier alpha value is -1.40. The molecule has 0 aliphatic carbocycles. The number of nitrogens with one attached hydrogen (secondary N) is 2. The van der Waals surface area contributed by atoms with E-state index in [-0.39, 0.29) is 0 Å². The van der Waals surface area contributed by atoms with Crippen LogP contribution >= 0.6 is 11.3 Å². The molecule has 2 saturated heterocycles. The number of rotatable bonds is 4. The molecule has 0 saturated carbocycles. The lowest BCUT2D eigenvalue weighted by molar-refractivity contribution is 0.318. The summed E-state index contributed by atoms with van der Waals surface area (Å²) in [5, 5.41) is 10.2. The molecule has 2 aliphatic heterocycles. The zero-order valence-corrected chi connectivity index (χ0v) is 13.1. The van der Waals surface area contributed by atoms with Crippen molar-refractivity contribution in [2.45, 2.75) is 38.3 Å². The van der Waals surface area contributed by atoms with Gasteiger partial charge in [0.15, 0.2) is 0 Å². The van der Waals surface area contributed by atoms with Crippen LogP contribution in [0, 0.1) is 0 Å². The zero-order chi connectivity index (χ0) is 14.2. The third kappa shape index (κ3) is 2.36. The van der Waals surface area contributed by atoms with Crippen LogP contribution in [0.2, 0.25) is 0 Å². The van der Waals surface area contributed by atoms with Crippen molar-refractivity contribution in [2.75, 3.05) is 30.3 Å². The van der Waals surface area contributed by atoms with Crippen molar-refractivity contribution in [3.8, 4) is 0 Å². The summed E-state index contributed by atoms with van der Waals surface area (Å²) >= 11 is 1.68. The van der Waals surface area contributed by atoms with E-state index in [1.807, 2.05) is 0 Å². The normalized spacial score (nSPS) is 25.4. The zero-order valence-electron chi connectivity index (χ0n) is 12.3. The Kier molecular flexibility index (Phi) is 3.43. The first-order valence-electron chi connectivity index (χ1n) is 7.85. The molecule has 5 nitrogen and oxygen atoms in total. The van der Waals surface area contributed by atoms with Crippen molar-refractivity contribution in [1.29, 1.82) is 0 Å². The number of aromatic nitrogens is 2. The van der Waals surface area contributed by atoms with Gasteiger partial charge in [0, 0.05) is 25.2 Å². The number of fused-ring (bicyclic) bond motifs is 2. The molecular weight excluding hydrogens is 282 g/mol. The summed E-state index contributed by atoms with van der Waals surface area (Å²) in [6.45, 7) is 5.40. The van der Waals surface area contributed by atoms with Crippen molar-refractivity contribution < 1.29 is 0 Å². The molecule has 2 atom stereocenters. The summed E-state index contributed by atoms with van der Waals surface area (Å²) in [4.78, 5) is 12.9. The van der Waals surface area contributed by atoms with Gasteiger partial charge >= 0.3 is 0 Å². The van der Waals surface area contributed by atoms with Gasteiger partial charge < -0.3 is 10.6 Å². The van der Waals surface area contributed by atoms with Crippen LogP contribution in [0.1, 0.15) is 26.2 Å². The molecule has 0 radical (unpaired) electrons. The third-order valence-corrected chi connectivity index (χ3v) is 5.39. The van der Waals surface area contributed by atoms with Crippen LogP contribution in [-0.4, -0.2) is 46.6 Å². The van der Waals surface area contributed by atoms with Crippen molar-refractivity contribution in [3.05, 3.63) is 11.4 Å². The molecule has 21 heavy (non-hydrogen) atoms. The van der Waals surface area contributed by atoms with Gasteiger partial charge in [-0.3, -0.25) is 4.90 Å². The molecule has 6 heteroatoms. The van der Waals surface area contributed by atoms with E-state index >= 15 is 0 Å². The molecular formula is C15H21N5S. The van der Waals surface area contributed by atoms with Gasteiger partial charge in [-0.25, -0.2) is 4.98 Å². The minimum Gasteiger partial charge on any atom is -0.365 e. The topological polar surface area (TPSA) is 53.1 Å². The van der Waals surface area contributed by atoms with Crippen LogP contribution < -0.4 is 10.6 Å². The number of anilines is 2. The highest BCUT2D eigenvalue weighted by Gasteiger charge is 2.37. The van der Waals surface area contributed by atoms with Gasteiger partial charge in [0.2, 0.25) is 5.95 Å². The van der Waals surface area contributed by atoms with Crippen LogP contribution in [0.3, 0.4) is 0 Å². The highest BCUT2D eigenvalue weighted by atomic mass is 32.1. The van der Waals surface area contributed by atoms with Gasteiger partial charge in [0.05, 0.1) is 5.39 Å². The second-order valence-corrected chi connectivity index (χ2v) is 6.75. The molecule has 2 aromatic heterocycles. The monoisotopic (exact) mass is 303 g/mol. The highest BCUT2D eigenvalue weighted by molar-refractivity contribution is 7.16. The molecule has 0 spiro atoms. The van der Waals surface area contributed by atoms with E-state index in [1.165, 1.54) is 32.4 Å². The summed E-state index contributed by atoms with van der Waals surface area (Å²) in [7, 11) is 0. The van der Waals surface area contributed by atoms with E-state index in [9.17, 15) is 0 Å². The van der Waals surface area contributed by atoms with E-state index in [4.69, 9.17) is 4.98 Å². The first-order valence-corrected chi connectivity index (χ1v) is 8.73. The van der Waals surface area contributed by atoms with Crippen LogP contribution in [0.5, 0.6) is 0 Å². The molecule has 0 bridgehead atoms. The van der Waals surface area contributed by atoms with Crippen LogP contribution in [-0.2, 0) is 0 Å². The molecule has 0 aromatic carbocycles. The number of nitrogens with zero attached hydrogens (tertiary/aromatic N) is 3. The summed E-state index contributed by atoms with van der Waals surface area (Å²) < 4.78 is 0. The maximum Gasteiger partial charge on any atom is 0.226 e. The van der Waals surface area contributed by atoms with Crippen molar-refractivity contribution in [1.82, 2.24) is 14.9 Å². The Morgan fingerprint density at radius 2 is 2.29 bits per heavy atom. The third-order valence-electron chi connectivity index (χ3n) is 4.59. The second kappa shape index (κ2) is 5.42. The van der Waals surface area contributed by atoms with E-state index in [1.54, 1.807) is 11.3 Å². The lowest BCUT2D eigenvalue weighted by atomic mass is 10.1. The van der Waals surface area contributed by atoms with Crippen molar-refractivity contribution >= 4 is 33.3 Å². The number of hydrogen-bond acceptors (Lipinski definition) is 6. The second-order valence-electron chi connectivity index (χ2n) is 5.85. The summed E-state index contributed by atoms with van der Waals surface area (Å²) in [6, 6.07) is 3.34. The van der Waals surface area contributed by atoms with Crippen LogP contribution in [0.15, 0.2) is 11.4 Å². The lowest BCUT2D eigenvalue weighted by Crippen LogP contribution is -2.34. The average Bonchev–Trinajstić information content (AvgIpc) is 3.16. The Morgan fingerprint density at radius 1 is 1.33 bits per heavy atom.